The number of halogens is 3. The summed E-state index contributed by atoms with van der Waals surface area (Å²) in [4.78, 5) is 19.0. The van der Waals surface area contributed by atoms with Crippen molar-refractivity contribution >= 4 is 22.8 Å². The summed E-state index contributed by atoms with van der Waals surface area (Å²) in [5, 5.41) is 1.82. The van der Waals surface area contributed by atoms with Gasteiger partial charge in [0.1, 0.15) is 11.3 Å². The Hall–Kier alpha value is -3.33. The van der Waals surface area contributed by atoms with Crippen LogP contribution in [0.3, 0.4) is 0 Å². The number of nitrogens with one attached hydrogen (secondary N) is 1. The average molecular weight is 399 g/mol. The Bertz CT molecular complexity index is 1130. The van der Waals surface area contributed by atoms with E-state index in [0.29, 0.717) is 31.0 Å². The molecule has 0 bridgehead atoms. The molecule has 1 fully saturated rings. The van der Waals surface area contributed by atoms with E-state index < -0.39 is 11.7 Å². The van der Waals surface area contributed by atoms with Gasteiger partial charge in [0.05, 0.1) is 12.1 Å². The van der Waals surface area contributed by atoms with Crippen molar-refractivity contribution in [2.45, 2.75) is 6.18 Å². The van der Waals surface area contributed by atoms with E-state index in [1.54, 1.807) is 6.20 Å². The van der Waals surface area contributed by atoms with Crippen molar-refractivity contribution in [3.05, 3.63) is 71.8 Å². The third kappa shape index (κ3) is 2.94. The molecule has 2 aliphatic heterocycles. The number of carbonyl (C=O) groups is 1. The van der Waals surface area contributed by atoms with Crippen LogP contribution in [-0.4, -0.2) is 39.9 Å². The molecule has 0 aliphatic carbocycles. The van der Waals surface area contributed by atoms with Crippen LogP contribution in [0.25, 0.3) is 11.2 Å². The maximum atomic E-state index is 13.2. The number of amides is 1. The molecule has 1 N–H and O–H groups in total. The fraction of sp³-hybridized carbons (Fsp3) is 0.200. The van der Waals surface area contributed by atoms with Crippen LogP contribution in [0.5, 0.6) is 0 Å². The molecule has 148 valence electrons. The monoisotopic (exact) mass is 399 g/mol. The first-order chi connectivity index (χ1) is 13.9. The second-order valence-electron chi connectivity index (χ2n) is 6.93. The molecule has 9 heteroatoms. The number of benzene rings is 1. The Morgan fingerprint density at radius 1 is 1.03 bits per heavy atom. The lowest BCUT2D eigenvalue weighted by Gasteiger charge is -2.34. The lowest BCUT2D eigenvalue weighted by atomic mass is 10.0. The van der Waals surface area contributed by atoms with Crippen molar-refractivity contribution in [1.82, 2.24) is 19.8 Å². The highest BCUT2D eigenvalue weighted by atomic mass is 19.4. The number of alkyl halides is 3. The van der Waals surface area contributed by atoms with Gasteiger partial charge in [-0.1, -0.05) is 0 Å². The maximum Gasteiger partial charge on any atom is 0.416 e. The van der Waals surface area contributed by atoms with Crippen LogP contribution in [0.4, 0.5) is 18.9 Å². The zero-order valence-electron chi connectivity index (χ0n) is 15.1. The predicted octanol–water partition coefficient (Wildman–Crippen LogP) is 2.93. The zero-order valence-corrected chi connectivity index (χ0v) is 15.1. The summed E-state index contributed by atoms with van der Waals surface area (Å²) in [6, 6.07) is 8.49. The van der Waals surface area contributed by atoms with Gasteiger partial charge in [-0.3, -0.25) is 4.79 Å². The number of pyridine rings is 1. The topological polar surface area (TPSA) is 52.9 Å². The quantitative estimate of drug-likeness (QED) is 0.720. The minimum absolute atomic E-state index is 0.235. The van der Waals surface area contributed by atoms with Gasteiger partial charge in [-0.15, -0.1) is 0 Å². The Morgan fingerprint density at radius 2 is 1.83 bits per heavy atom. The first-order valence-electron chi connectivity index (χ1n) is 9.08. The number of anilines is 1. The van der Waals surface area contributed by atoms with Gasteiger partial charge in [0.25, 0.3) is 5.91 Å². The van der Waals surface area contributed by atoms with Crippen LogP contribution in [0.2, 0.25) is 0 Å². The SMILES string of the molecule is O=C1C2=C(c3ccc4nccn4c3)CNN2CCN1c1ccc(C(F)(F)F)cc1. The Morgan fingerprint density at radius 3 is 2.59 bits per heavy atom. The molecule has 0 saturated carbocycles. The van der Waals surface area contributed by atoms with Crippen LogP contribution in [0.15, 0.2) is 60.7 Å². The van der Waals surface area contributed by atoms with Gasteiger partial charge in [0.15, 0.2) is 0 Å². The molecule has 5 rings (SSSR count). The molecule has 0 radical (unpaired) electrons. The fourth-order valence-corrected chi connectivity index (χ4v) is 3.78. The minimum Gasteiger partial charge on any atom is -0.307 e. The first kappa shape index (κ1) is 17.7. The highest BCUT2D eigenvalue weighted by molar-refractivity contribution is 6.11. The smallest absolute Gasteiger partial charge is 0.307 e. The molecular formula is C20H16F3N5O. The number of nitrogens with zero attached hydrogens (tertiary/aromatic N) is 4. The van der Waals surface area contributed by atoms with Crippen molar-refractivity contribution < 1.29 is 18.0 Å². The summed E-state index contributed by atoms with van der Waals surface area (Å²) in [5.41, 5.74) is 6.01. The average Bonchev–Trinajstić information content (AvgIpc) is 3.34. The maximum absolute atomic E-state index is 13.2. The Kier molecular flexibility index (Phi) is 3.88. The lowest BCUT2D eigenvalue weighted by molar-refractivity contribution is -0.137. The molecule has 0 spiro atoms. The molecule has 4 heterocycles. The fourth-order valence-electron chi connectivity index (χ4n) is 3.78. The molecule has 3 aromatic rings. The van der Waals surface area contributed by atoms with Crippen LogP contribution in [0, 0.1) is 0 Å². The zero-order chi connectivity index (χ0) is 20.2. The molecular weight excluding hydrogens is 383 g/mol. The van der Waals surface area contributed by atoms with E-state index in [1.807, 2.05) is 33.9 Å². The van der Waals surface area contributed by atoms with Gasteiger partial charge in [0.2, 0.25) is 0 Å². The van der Waals surface area contributed by atoms with Gasteiger partial charge < -0.3 is 14.3 Å². The molecule has 2 aromatic heterocycles. The lowest BCUT2D eigenvalue weighted by Crippen LogP contribution is -2.50. The second-order valence-corrected chi connectivity index (χ2v) is 6.93. The van der Waals surface area contributed by atoms with Gasteiger partial charge in [-0.05, 0) is 42.0 Å². The number of aromatic nitrogens is 2. The van der Waals surface area contributed by atoms with E-state index in [1.165, 1.54) is 17.0 Å². The second kappa shape index (κ2) is 6.35. The number of imidazole rings is 1. The number of piperazine rings is 1. The number of carbonyl (C=O) groups excluding carboxylic acids is 1. The van der Waals surface area contributed by atoms with Crippen molar-refractivity contribution in [3.8, 4) is 0 Å². The summed E-state index contributed by atoms with van der Waals surface area (Å²) >= 11 is 0. The standard InChI is InChI=1S/C20H16F3N5O/c21-20(22,23)14-2-4-15(5-3-14)27-9-10-28-18(19(27)29)16(11-25-28)13-1-6-17-24-7-8-26(17)12-13/h1-8,12,25H,9-11H2. The van der Waals surface area contributed by atoms with E-state index in [-0.39, 0.29) is 5.91 Å². The molecule has 0 atom stereocenters. The molecule has 2 aliphatic rings. The van der Waals surface area contributed by atoms with Crippen molar-refractivity contribution in [2.24, 2.45) is 0 Å². The van der Waals surface area contributed by atoms with E-state index in [2.05, 4.69) is 10.4 Å². The van der Waals surface area contributed by atoms with Crippen LogP contribution in [0.1, 0.15) is 11.1 Å². The van der Waals surface area contributed by atoms with E-state index >= 15 is 0 Å². The molecule has 1 aromatic carbocycles. The Balaban J connectivity index is 1.51. The van der Waals surface area contributed by atoms with Gasteiger partial charge in [-0.2, -0.15) is 13.2 Å². The highest BCUT2D eigenvalue weighted by Crippen LogP contribution is 2.33. The Labute approximate surface area is 163 Å². The summed E-state index contributed by atoms with van der Waals surface area (Å²) < 4.78 is 40.4. The molecule has 1 amide bonds. The summed E-state index contributed by atoms with van der Waals surface area (Å²) in [6.07, 6.45) is 1.05. The third-order valence-electron chi connectivity index (χ3n) is 5.24. The normalized spacial score (nSPS) is 17.4. The number of hydrogen-bond donors (Lipinski definition) is 1. The van der Waals surface area contributed by atoms with Crippen LogP contribution in [-0.2, 0) is 11.0 Å². The van der Waals surface area contributed by atoms with Crippen molar-refractivity contribution in [1.29, 1.82) is 0 Å². The molecule has 29 heavy (non-hydrogen) atoms. The number of rotatable bonds is 2. The number of fused-ring (bicyclic) bond motifs is 2. The summed E-state index contributed by atoms with van der Waals surface area (Å²) in [5.74, 6) is -0.235. The van der Waals surface area contributed by atoms with E-state index in [4.69, 9.17) is 0 Å². The van der Waals surface area contributed by atoms with Gasteiger partial charge in [0, 0.05) is 42.9 Å². The minimum atomic E-state index is -4.40. The van der Waals surface area contributed by atoms with Crippen LogP contribution < -0.4 is 10.3 Å². The van der Waals surface area contributed by atoms with Crippen LogP contribution >= 0.6 is 0 Å². The van der Waals surface area contributed by atoms with Crippen molar-refractivity contribution in [3.63, 3.8) is 0 Å². The molecule has 6 nitrogen and oxygen atoms in total. The number of hydrogen-bond acceptors (Lipinski definition) is 4. The summed E-state index contributed by atoms with van der Waals surface area (Å²) in [7, 11) is 0. The predicted molar refractivity (Wildman–Crippen MR) is 101 cm³/mol. The van der Waals surface area contributed by atoms with E-state index in [9.17, 15) is 18.0 Å². The molecule has 1 saturated heterocycles. The van der Waals surface area contributed by atoms with E-state index in [0.717, 1.165) is 28.9 Å². The van der Waals surface area contributed by atoms with Gasteiger partial charge >= 0.3 is 6.18 Å². The van der Waals surface area contributed by atoms with Gasteiger partial charge in [-0.25, -0.2) is 10.4 Å². The van der Waals surface area contributed by atoms with Crippen molar-refractivity contribution in [2.75, 3.05) is 24.5 Å². The molecule has 0 unspecified atom stereocenters. The largest absolute Gasteiger partial charge is 0.416 e. The number of hydrazine groups is 1. The third-order valence-corrected chi connectivity index (χ3v) is 5.24. The highest BCUT2D eigenvalue weighted by Gasteiger charge is 2.37. The summed E-state index contributed by atoms with van der Waals surface area (Å²) in [6.45, 7) is 1.43. The first-order valence-corrected chi connectivity index (χ1v) is 9.08.